The highest BCUT2D eigenvalue weighted by atomic mass is 35.5. The highest BCUT2D eigenvalue weighted by Gasteiger charge is 2.33. The van der Waals surface area contributed by atoms with Gasteiger partial charge in [-0.1, -0.05) is 17.7 Å². The van der Waals surface area contributed by atoms with Crippen LogP contribution in [0.2, 0.25) is 5.15 Å². The van der Waals surface area contributed by atoms with Crippen LogP contribution >= 0.6 is 19.2 Å². The predicted molar refractivity (Wildman–Crippen MR) is 67.0 cm³/mol. The van der Waals surface area contributed by atoms with Gasteiger partial charge in [-0.15, -0.1) is 0 Å². The Morgan fingerprint density at radius 1 is 1.41 bits per heavy atom. The summed E-state index contributed by atoms with van der Waals surface area (Å²) in [4.78, 5) is 3.89. The minimum atomic E-state index is -3.35. The molecule has 0 aliphatic carbocycles. The zero-order valence-corrected chi connectivity index (χ0v) is 11.4. The number of nitrogens with two attached hydrogens (primary N) is 1. The molecule has 1 atom stereocenters. The van der Waals surface area contributed by atoms with Gasteiger partial charge < -0.3 is 14.8 Å². The fraction of sp³-hybridized carbons (Fsp3) is 0.500. The van der Waals surface area contributed by atoms with E-state index in [2.05, 4.69) is 4.98 Å². The van der Waals surface area contributed by atoms with Gasteiger partial charge in [0.05, 0.1) is 13.2 Å². The van der Waals surface area contributed by atoms with Crippen molar-refractivity contribution < 1.29 is 13.6 Å². The van der Waals surface area contributed by atoms with Crippen LogP contribution in [-0.2, 0) is 13.6 Å². The topological polar surface area (TPSA) is 74.4 Å². The van der Waals surface area contributed by atoms with Crippen LogP contribution in [0.25, 0.3) is 0 Å². The van der Waals surface area contributed by atoms with Crippen LogP contribution in [0.5, 0.6) is 0 Å². The van der Waals surface area contributed by atoms with Crippen LogP contribution in [0.15, 0.2) is 18.3 Å². The highest BCUT2D eigenvalue weighted by molar-refractivity contribution is 7.54. The molecule has 0 amide bonds. The van der Waals surface area contributed by atoms with Crippen molar-refractivity contribution in [2.75, 3.05) is 13.2 Å². The van der Waals surface area contributed by atoms with Crippen molar-refractivity contribution in [2.45, 2.75) is 19.6 Å². The molecule has 0 aromatic carbocycles. The van der Waals surface area contributed by atoms with Gasteiger partial charge in [0, 0.05) is 6.20 Å². The zero-order valence-electron chi connectivity index (χ0n) is 9.80. The lowest BCUT2D eigenvalue weighted by atomic mass is 10.3. The van der Waals surface area contributed by atoms with E-state index in [-0.39, 0.29) is 13.2 Å². The van der Waals surface area contributed by atoms with E-state index in [1.54, 1.807) is 26.0 Å². The average molecular weight is 279 g/mol. The Hall–Kier alpha value is -0.450. The van der Waals surface area contributed by atoms with E-state index >= 15 is 0 Å². The molecule has 1 heterocycles. The van der Waals surface area contributed by atoms with E-state index in [1.165, 1.54) is 6.20 Å². The Labute approximate surface area is 106 Å². The maximum atomic E-state index is 12.4. The predicted octanol–water partition coefficient (Wildman–Crippen LogP) is 2.96. The Morgan fingerprint density at radius 2 is 2.00 bits per heavy atom. The number of aromatic nitrogens is 1. The smallest absolute Gasteiger partial charge is 0.314 e. The van der Waals surface area contributed by atoms with Crippen LogP contribution in [0, 0.1) is 0 Å². The summed E-state index contributed by atoms with van der Waals surface area (Å²) in [6.07, 6.45) is 1.47. The SMILES string of the molecule is CCOP(=O)(OCC)[C@@H](N)c1ccc(Cl)nc1. The molecular formula is C10H16ClN2O3P. The number of pyridine rings is 1. The van der Waals surface area contributed by atoms with Gasteiger partial charge in [-0.2, -0.15) is 0 Å². The number of rotatable bonds is 6. The molecule has 0 fully saturated rings. The molecule has 17 heavy (non-hydrogen) atoms. The van der Waals surface area contributed by atoms with Crippen molar-refractivity contribution in [1.82, 2.24) is 4.98 Å². The number of hydrogen-bond donors (Lipinski definition) is 1. The average Bonchev–Trinajstić information content (AvgIpc) is 2.30. The molecule has 0 bridgehead atoms. The Kier molecular flexibility index (Phi) is 5.56. The summed E-state index contributed by atoms with van der Waals surface area (Å²) in [5, 5.41) is 0.351. The molecule has 0 saturated heterocycles. The van der Waals surface area contributed by atoms with E-state index in [0.29, 0.717) is 10.7 Å². The fourth-order valence-corrected chi connectivity index (χ4v) is 3.05. The first-order valence-corrected chi connectivity index (χ1v) is 7.28. The quantitative estimate of drug-likeness (QED) is 0.639. The summed E-state index contributed by atoms with van der Waals surface area (Å²) in [7, 11) is -3.35. The molecule has 1 aromatic rings. The molecule has 0 radical (unpaired) electrons. The third-order valence-electron chi connectivity index (χ3n) is 2.05. The molecule has 1 rings (SSSR count). The van der Waals surface area contributed by atoms with Crippen molar-refractivity contribution in [1.29, 1.82) is 0 Å². The third kappa shape index (κ3) is 3.76. The lowest BCUT2D eigenvalue weighted by Crippen LogP contribution is -2.15. The first kappa shape index (κ1) is 14.6. The summed E-state index contributed by atoms with van der Waals surface area (Å²) in [6.45, 7) is 4.01. The van der Waals surface area contributed by atoms with Gasteiger partial charge in [0.2, 0.25) is 0 Å². The maximum Gasteiger partial charge on any atom is 0.351 e. The van der Waals surface area contributed by atoms with Crippen molar-refractivity contribution in [3.05, 3.63) is 29.0 Å². The second-order valence-electron chi connectivity index (χ2n) is 3.23. The number of nitrogens with zero attached hydrogens (tertiary/aromatic N) is 1. The summed E-state index contributed by atoms with van der Waals surface area (Å²) >= 11 is 5.67. The van der Waals surface area contributed by atoms with Gasteiger partial charge >= 0.3 is 7.60 Å². The van der Waals surface area contributed by atoms with Gasteiger partial charge in [-0.05, 0) is 25.5 Å². The molecule has 96 valence electrons. The third-order valence-corrected chi connectivity index (χ3v) is 4.49. The van der Waals surface area contributed by atoms with E-state index in [0.717, 1.165) is 0 Å². The van der Waals surface area contributed by atoms with Crippen LogP contribution in [-0.4, -0.2) is 18.2 Å². The van der Waals surface area contributed by atoms with E-state index < -0.39 is 13.4 Å². The van der Waals surface area contributed by atoms with Gasteiger partial charge in [-0.25, -0.2) is 4.98 Å². The van der Waals surface area contributed by atoms with E-state index in [9.17, 15) is 4.57 Å². The van der Waals surface area contributed by atoms with Crippen LogP contribution in [0.1, 0.15) is 25.2 Å². The van der Waals surface area contributed by atoms with Crippen LogP contribution < -0.4 is 5.73 Å². The summed E-state index contributed by atoms with van der Waals surface area (Å²) in [6, 6.07) is 3.24. The maximum absolute atomic E-state index is 12.4. The molecule has 1 aromatic heterocycles. The lowest BCUT2D eigenvalue weighted by molar-refractivity contribution is 0.212. The largest absolute Gasteiger partial charge is 0.351 e. The molecule has 2 N–H and O–H groups in total. The van der Waals surface area contributed by atoms with Crippen molar-refractivity contribution in [3.8, 4) is 0 Å². The van der Waals surface area contributed by atoms with E-state index in [4.69, 9.17) is 26.4 Å². The Bertz CT molecular complexity index is 389. The second kappa shape index (κ2) is 6.47. The number of halogens is 1. The first-order valence-electron chi connectivity index (χ1n) is 5.29. The van der Waals surface area contributed by atoms with Gasteiger partial charge in [0.15, 0.2) is 0 Å². The standard InChI is InChI=1S/C10H16ClN2O3P/c1-3-15-17(14,16-4-2)10(12)8-5-6-9(11)13-7-8/h5-7,10H,3-4,12H2,1-2H3/t10-/m1/s1. The Balaban J connectivity index is 2.95. The van der Waals surface area contributed by atoms with Gasteiger partial charge in [-0.3, -0.25) is 4.57 Å². The molecule has 7 heteroatoms. The minimum absolute atomic E-state index is 0.270. The zero-order chi connectivity index (χ0) is 12.9. The Morgan fingerprint density at radius 3 is 2.41 bits per heavy atom. The molecule has 0 aliphatic rings. The molecular weight excluding hydrogens is 263 g/mol. The van der Waals surface area contributed by atoms with Crippen molar-refractivity contribution >= 4 is 19.2 Å². The normalized spacial score (nSPS) is 13.6. The molecule has 5 nitrogen and oxygen atoms in total. The molecule has 0 unspecified atom stereocenters. The second-order valence-corrected chi connectivity index (χ2v) is 5.77. The van der Waals surface area contributed by atoms with Crippen LogP contribution in [0.3, 0.4) is 0 Å². The first-order chi connectivity index (χ1) is 8.03. The van der Waals surface area contributed by atoms with Gasteiger partial charge in [0.1, 0.15) is 10.9 Å². The lowest BCUT2D eigenvalue weighted by Gasteiger charge is -2.23. The van der Waals surface area contributed by atoms with Gasteiger partial charge in [0.25, 0.3) is 0 Å². The van der Waals surface area contributed by atoms with E-state index in [1.807, 2.05) is 0 Å². The highest BCUT2D eigenvalue weighted by Crippen LogP contribution is 2.58. The minimum Gasteiger partial charge on any atom is -0.314 e. The monoisotopic (exact) mass is 278 g/mol. The molecule has 0 aliphatic heterocycles. The van der Waals surface area contributed by atoms with Crippen molar-refractivity contribution in [2.24, 2.45) is 5.73 Å². The van der Waals surface area contributed by atoms with Crippen LogP contribution in [0.4, 0.5) is 0 Å². The molecule has 0 spiro atoms. The summed E-state index contributed by atoms with van der Waals surface area (Å²) in [5.41, 5.74) is 6.47. The summed E-state index contributed by atoms with van der Waals surface area (Å²) < 4.78 is 22.7. The van der Waals surface area contributed by atoms with Crippen molar-refractivity contribution in [3.63, 3.8) is 0 Å². The summed E-state index contributed by atoms with van der Waals surface area (Å²) in [5.74, 6) is -0.854. The number of hydrogen-bond acceptors (Lipinski definition) is 5. The fourth-order valence-electron chi connectivity index (χ4n) is 1.30. The molecule has 0 saturated carbocycles.